The fourth-order valence-electron chi connectivity index (χ4n) is 2.16. The normalized spacial score (nSPS) is 13.5. The molecule has 0 aromatic heterocycles. The maximum atomic E-state index is 12.3. The molecule has 0 saturated heterocycles. The van der Waals surface area contributed by atoms with Gasteiger partial charge in [-0.1, -0.05) is 6.07 Å². The summed E-state index contributed by atoms with van der Waals surface area (Å²) in [4.78, 5) is 12.3. The number of hydrogen-bond acceptors (Lipinski definition) is 4. The summed E-state index contributed by atoms with van der Waals surface area (Å²) in [6.45, 7) is 3.89. The van der Waals surface area contributed by atoms with Crippen molar-refractivity contribution in [2.45, 2.75) is 20.0 Å². The Morgan fingerprint density at radius 2 is 2.00 bits per heavy atom. The molecular weight excluding hydrogens is 362 g/mol. The van der Waals surface area contributed by atoms with E-state index in [2.05, 4.69) is 21.2 Å². The first-order valence-electron chi connectivity index (χ1n) is 7.16. The van der Waals surface area contributed by atoms with E-state index in [9.17, 15) is 4.79 Å². The van der Waals surface area contributed by atoms with E-state index in [0.717, 1.165) is 10.0 Å². The van der Waals surface area contributed by atoms with Crippen LogP contribution in [-0.4, -0.2) is 18.8 Å². The minimum Gasteiger partial charge on any atom is -0.481 e. The Labute approximate surface area is 142 Å². The number of benzene rings is 2. The van der Waals surface area contributed by atoms with E-state index < -0.39 is 6.10 Å². The third kappa shape index (κ3) is 3.59. The molecule has 120 valence electrons. The second kappa shape index (κ2) is 6.50. The minimum atomic E-state index is -0.649. The molecule has 1 aliphatic rings. The summed E-state index contributed by atoms with van der Waals surface area (Å²) < 4.78 is 17.0. The number of aryl methyl sites for hydroxylation is 1. The van der Waals surface area contributed by atoms with E-state index in [1.807, 2.05) is 25.1 Å². The first-order valence-corrected chi connectivity index (χ1v) is 7.95. The van der Waals surface area contributed by atoms with Crippen molar-refractivity contribution in [3.8, 4) is 17.2 Å². The van der Waals surface area contributed by atoms with Gasteiger partial charge in [-0.05, 0) is 59.6 Å². The Balaban J connectivity index is 1.65. The zero-order valence-electron chi connectivity index (χ0n) is 12.8. The number of nitrogens with one attached hydrogen (secondary N) is 1. The van der Waals surface area contributed by atoms with Crippen LogP contribution in [0.15, 0.2) is 40.9 Å². The fourth-order valence-corrected chi connectivity index (χ4v) is 2.76. The quantitative estimate of drug-likeness (QED) is 0.877. The van der Waals surface area contributed by atoms with Crippen LogP contribution in [0.5, 0.6) is 17.2 Å². The largest absolute Gasteiger partial charge is 0.481 e. The molecule has 0 radical (unpaired) electrons. The lowest BCUT2D eigenvalue weighted by Crippen LogP contribution is -2.30. The van der Waals surface area contributed by atoms with Gasteiger partial charge in [-0.2, -0.15) is 0 Å². The maximum Gasteiger partial charge on any atom is 0.265 e. The van der Waals surface area contributed by atoms with Crippen molar-refractivity contribution in [3.63, 3.8) is 0 Å². The smallest absolute Gasteiger partial charge is 0.265 e. The summed E-state index contributed by atoms with van der Waals surface area (Å²) in [6.07, 6.45) is -0.649. The maximum absolute atomic E-state index is 12.3. The Bertz CT molecular complexity index is 747. The monoisotopic (exact) mass is 377 g/mol. The number of ether oxygens (including phenoxy) is 3. The van der Waals surface area contributed by atoms with Gasteiger partial charge >= 0.3 is 0 Å². The molecule has 1 unspecified atom stereocenters. The molecule has 6 heteroatoms. The average molecular weight is 378 g/mol. The van der Waals surface area contributed by atoms with Gasteiger partial charge in [0, 0.05) is 10.5 Å². The van der Waals surface area contributed by atoms with Gasteiger partial charge in [-0.15, -0.1) is 0 Å². The summed E-state index contributed by atoms with van der Waals surface area (Å²) in [5.41, 5.74) is 1.82. The molecule has 1 aliphatic heterocycles. The highest BCUT2D eigenvalue weighted by molar-refractivity contribution is 9.10. The van der Waals surface area contributed by atoms with Gasteiger partial charge in [-0.25, -0.2) is 0 Å². The van der Waals surface area contributed by atoms with Crippen LogP contribution in [0, 0.1) is 6.92 Å². The fraction of sp³-hybridized carbons (Fsp3) is 0.235. The topological polar surface area (TPSA) is 56.8 Å². The lowest BCUT2D eigenvalue weighted by Gasteiger charge is -2.16. The van der Waals surface area contributed by atoms with E-state index in [1.54, 1.807) is 25.1 Å². The van der Waals surface area contributed by atoms with Gasteiger partial charge in [0.2, 0.25) is 6.79 Å². The highest BCUT2D eigenvalue weighted by Gasteiger charge is 2.19. The molecule has 1 atom stereocenters. The molecule has 0 bridgehead atoms. The number of rotatable bonds is 4. The van der Waals surface area contributed by atoms with Crippen LogP contribution in [0.25, 0.3) is 0 Å². The first kappa shape index (κ1) is 15.7. The van der Waals surface area contributed by atoms with Crippen molar-refractivity contribution in [1.82, 2.24) is 0 Å². The van der Waals surface area contributed by atoms with Crippen LogP contribution in [0.1, 0.15) is 12.5 Å². The highest BCUT2D eigenvalue weighted by atomic mass is 79.9. The number of anilines is 1. The zero-order chi connectivity index (χ0) is 16.4. The average Bonchev–Trinajstić information content (AvgIpc) is 2.97. The summed E-state index contributed by atoms with van der Waals surface area (Å²) in [5.74, 6) is 1.63. The lowest BCUT2D eigenvalue weighted by molar-refractivity contribution is -0.122. The van der Waals surface area contributed by atoms with Crippen molar-refractivity contribution in [3.05, 3.63) is 46.4 Å². The van der Waals surface area contributed by atoms with Crippen LogP contribution in [0.4, 0.5) is 5.69 Å². The molecule has 2 aromatic carbocycles. The third-order valence-electron chi connectivity index (χ3n) is 3.41. The van der Waals surface area contributed by atoms with Gasteiger partial charge in [0.05, 0.1) is 5.69 Å². The first-order chi connectivity index (χ1) is 11.0. The Morgan fingerprint density at radius 3 is 2.78 bits per heavy atom. The molecule has 2 aromatic rings. The summed E-state index contributed by atoms with van der Waals surface area (Å²) in [5, 5.41) is 2.84. The molecule has 23 heavy (non-hydrogen) atoms. The third-order valence-corrected chi connectivity index (χ3v) is 4.06. The van der Waals surface area contributed by atoms with Gasteiger partial charge in [-0.3, -0.25) is 4.79 Å². The van der Waals surface area contributed by atoms with Crippen molar-refractivity contribution in [2.24, 2.45) is 0 Å². The summed E-state index contributed by atoms with van der Waals surface area (Å²) in [6, 6.07) is 11.0. The van der Waals surface area contributed by atoms with Crippen molar-refractivity contribution in [2.75, 3.05) is 12.1 Å². The second-order valence-corrected chi connectivity index (χ2v) is 6.10. The predicted octanol–water partition coefficient (Wildman–Crippen LogP) is 3.89. The van der Waals surface area contributed by atoms with Gasteiger partial charge in [0.15, 0.2) is 17.6 Å². The van der Waals surface area contributed by atoms with E-state index in [-0.39, 0.29) is 12.7 Å². The van der Waals surface area contributed by atoms with Gasteiger partial charge < -0.3 is 19.5 Å². The van der Waals surface area contributed by atoms with Gasteiger partial charge in [0.25, 0.3) is 5.91 Å². The Kier molecular flexibility index (Phi) is 4.43. The second-order valence-electron chi connectivity index (χ2n) is 5.25. The molecule has 1 heterocycles. The van der Waals surface area contributed by atoms with Crippen LogP contribution >= 0.6 is 15.9 Å². The lowest BCUT2D eigenvalue weighted by atomic mass is 10.2. The molecule has 1 amide bonds. The number of halogens is 1. The highest BCUT2D eigenvalue weighted by Crippen LogP contribution is 2.35. The molecule has 0 fully saturated rings. The molecule has 0 saturated carbocycles. The molecule has 0 aliphatic carbocycles. The molecule has 3 rings (SSSR count). The number of carbonyl (C=O) groups is 1. The van der Waals surface area contributed by atoms with Crippen molar-refractivity contribution >= 4 is 27.5 Å². The number of amides is 1. The van der Waals surface area contributed by atoms with Crippen molar-refractivity contribution in [1.29, 1.82) is 0 Å². The number of hydrogen-bond donors (Lipinski definition) is 1. The molecule has 0 spiro atoms. The van der Waals surface area contributed by atoms with Crippen LogP contribution in [-0.2, 0) is 4.79 Å². The summed E-state index contributed by atoms with van der Waals surface area (Å²) >= 11 is 3.44. The molecule has 5 nitrogen and oxygen atoms in total. The molecular formula is C17H16BrNO4. The predicted molar refractivity (Wildman–Crippen MR) is 90.2 cm³/mol. The van der Waals surface area contributed by atoms with E-state index in [0.29, 0.717) is 22.9 Å². The van der Waals surface area contributed by atoms with Crippen molar-refractivity contribution < 1.29 is 19.0 Å². The SMILES string of the molecule is Cc1ccc(NC(=O)C(C)Oc2ccc3c(c2)OCO3)c(Br)c1. The van der Waals surface area contributed by atoms with Gasteiger partial charge in [0.1, 0.15) is 5.75 Å². The number of fused-ring (bicyclic) bond motifs is 1. The zero-order valence-corrected chi connectivity index (χ0v) is 14.3. The molecule has 1 N–H and O–H groups in total. The van der Waals surface area contributed by atoms with E-state index in [4.69, 9.17) is 14.2 Å². The van der Waals surface area contributed by atoms with E-state index in [1.165, 1.54) is 0 Å². The van der Waals surface area contributed by atoms with E-state index >= 15 is 0 Å². The minimum absolute atomic E-state index is 0.205. The standard InChI is InChI=1S/C17H16BrNO4/c1-10-3-5-14(13(18)7-10)19-17(20)11(2)23-12-4-6-15-16(8-12)22-9-21-15/h3-8,11H,9H2,1-2H3,(H,19,20). The number of carbonyl (C=O) groups excluding carboxylic acids is 1. The van der Waals surface area contributed by atoms with Crippen LogP contribution in [0.3, 0.4) is 0 Å². The van der Waals surface area contributed by atoms with Crippen LogP contribution < -0.4 is 19.5 Å². The van der Waals surface area contributed by atoms with Crippen LogP contribution in [0.2, 0.25) is 0 Å². The Hall–Kier alpha value is -2.21. The Morgan fingerprint density at radius 1 is 1.22 bits per heavy atom. The summed E-state index contributed by atoms with van der Waals surface area (Å²) in [7, 11) is 0.